The molecule has 0 spiro atoms. The van der Waals surface area contributed by atoms with Gasteiger partial charge in [-0.15, -0.1) is 11.3 Å². The van der Waals surface area contributed by atoms with Crippen LogP contribution in [0.3, 0.4) is 0 Å². The van der Waals surface area contributed by atoms with E-state index >= 15 is 0 Å². The predicted octanol–water partition coefficient (Wildman–Crippen LogP) is 4.44. The largest absolute Gasteiger partial charge is 0.307 e. The van der Waals surface area contributed by atoms with Crippen LogP contribution < -0.4 is 5.32 Å². The first-order valence-corrected chi connectivity index (χ1v) is 9.14. The van der Waals surface area contributed by atoms with Crippen LogP contribution in [-0.4, -0.2) is 24.0 Å². The standard InChI is InChI=1S/C17H21BrN2S/c1-2-14-10-19-16(13-6-4-3-5-7-13)12-20(14)11-15-8-9-17(18)21-15/h3-9,14,16,19H,2,10-12H2,1H3. The molecule has 1 aromatic heterocycles. The molecule has 1 N–H and O–H groups in total. The highest BCUT2D eigenvalue weighted by Gasteiger charge is 2.27. The average Bonchev–Trinajstić information content (AvgIpc) is 2.93. The summed E-state index contributed by atoms with van der Waals surface area (Å²) in [5.74, 6) is 0. The number of thiophene rings is 1. The van der Waals surface area contributed by atoms with E-state index in [9.17, 15) is 0 Å². The summed E-state index contributed by atoms with van der Waals surface area (Å²) >= 11 is 5.41. The number of halogens is 1. The third-order valence-corrected chi connectivity index (χ3v) is 5.80. The van der Waals surface area contributed by atoms with Crippen LogP contribution in [0, 0.1) is 0 Å². The summed E-state index contributed by atoms with van der Waals surface area (Å²) in [6.07, 6.45) is 1.20. The highest BCUT2D eigenvalue weighted by atomic mass is 79.9. The molecule has 2 atom stereocenters. The zero-order valence-electron chi connectivity index (χ0n) is 12.3. The van der Waals surface area contributed by atoms with Crippen molar-refractivity contribution in [3.63, 3.8) is 0 Å². The number of piperazine rings is 1. The van der Waals surface area contributed by atoms with E-state index in [2.05, 4.69) is 75.5 Å². The first kappa shape index (κ1) is 15.2. The molecule has 0 bridgehead atoms. The smallest absolute Gasteiger partial charge is 0.0701 e. The van der Waals surface area contributed by atoms with Crippen LogP contribution in [0.4, 0.5) is 0 Å². The van der Waals surface area contributed by atoms with Gasteiger partial charge in [-0.1, -0.05) is 37.3 Å². The van der Waals surface area contributed by atoms with E-state index in [0.29, 0.717) is 12.1 Å². The van der Waals surface area contributed by atoms with Crippen LogP contribution >= 0.6 is 27.3 Å². The van der Waals surface area contributed by atoms with E-state index < -0.39 is 0 Å². The molecule has 2 unspecified atom stereocenters. The molecule has 1 aromatic carbocycles. The number of hydrogen-bond acceptors (Lipinski definition) is 3. The average molecular weight is 365 g/mol. The minimum atomic E-state index is 0.442. The Bertz CT molecular complexity index is 569. The van der Waals surface area contributed by atoms with Crippen molar-refractivity contribution in [2.75, 3.05) is 13.1 Å². The van der Waals surface area contributed by atoms with Crippen molar-refractivity contribution in [3.05, 3.63) is 56.7 Å². The topological polar surface area (TPSA) is 15.3 Å². The first-order chi connectivity index (χ1) is 10.3. The predicted molar refractivity (Wildman–Crippen MR) is 93.7 cm³/mol. The zero-order valence-corrected chi connectivity index (χ0v) is 14.7. The van der Waals surface area contributed by atoms with Gasteiger partial charge in [-0.3, -0.25) is 4.90 Å². The van der Waals surface area contributed by atoms with Crippen LogP contribution in [0.2, 0.25) is 0 Å². The van der Waals surface area contributed by atoms with Gasteiger partial charge in [0.1, 0.15) is 0 Å². The Morgan fingerprint density at radius 3 is 2.71 bits per heavy atom. The van der Waals surface area contributed by atoms with Gasteiger partial charge in [0.05, 0.1) is 3.79 Å². The van der Waals surface area contributed by atoms with E-state index in [0.717, 1.165) is 19.6 Å². The molecule has 3 rings (SSSR count). The molecule has 2 aromatic rings. The fourth-order valence-corrected chi connectivity index (χ4v) is 4.51. The van der Waals surface area contributed by atoms with Crippen molar-refractivity contribution >= 4 is 27.3 Å². The van der Waals surface area contributed by atoms with Crippen molar-refractivity contribution in [1.29, 1.82) is 0 Å². The number of hydrogen-bond donors (Lipinski definition) is 1. The van der Waals surface area contributed by atoms with Gasteiger partial charge in [-0.25, -0.2) is 0 Å². The van der Waals surface area contributed by atoms with Crippen LogP contribution in [0.25, 0.3) is 0 Å². The van der Waals surface area contributed by atoms with Crippen LogP contribution in [-0.2, 0) is 6.54 Å². The summed E-state index contributed by atoms with van der Waals surface area (Å²) in [5, 5.41) is 3.71. The molecule has 0 aliphatic carbocycles. The number of benzene rings is 1. The molecular weight excluding hydrogens is 344 g/mol. The molecule has 2 nitrogen and oxygen atoms in total. The second kappa shape index (κ2) is 7.05. The van der Waals surface area contributed by atoms with E-state index in [1.165, 1.54) is 20.6 Å². The minimum Gasteiger partial charge on any atom is -0.307 e. The molecule has 112 valence electrons. The Morgan fingerprint density at radius 2 is 2.05 bits per heavy atom. The van der Waals surface area contributed by atoms with Gasteiger partial charge in [-0.2, -0.15) is 0 Å². The lowest BCUT2D eigenvalue weighted by atomic mass is 10.0. The quantitative estimate of drug-likeness (QED) is 0.862. The van der Waals surface area contributed by atoms with Crippen molar-refractivity contribution in [2.45, 2.75) is 32.0 Å². The maximum atomic E-state index is 3.71. The second-order valence-corrected chi connectivity index (χ2v) is 8.12. The van der Waals surface area contributed by atoms with Crippen molar-refractivity contribution < 1.29 is 0 Å². The molecule has 1 aliphatic heterocycles. The summed E-state index contributed by atoms with van der Waals surface area (Å²) in [5.41, 5.74) is 1.39. The van der Waals surface area contributed by atoms with Gasteiger partial charge in [0.2, 0.25) is 0 Å². The van der Waals surface area contributed by atoms with Crippen molar-refractivity contribution in [3.8, 4) is 0 Å². The van der Waals surface area contributed by atoms with E-state index in [1.807, 2.05) is 11.3 Å². The third-order valence-electron chi connectivity index (χ3n) is 4.19. The van der Waals surface area contributed by atoms with Gasteiger partial charge >= 0.3 is 0 Å². The number of rotatable bonds is 4. The fourth-order valence-electron chi connectivity index (χ4n) is 3.00. The maximum Gasteiger partial charge on any atom is 0.0701 e. The Morgan fingerprint density at radius 1 is 1.24 bits per heavy atom. The van der Waals surface area contributed by atoms with E-state index in [-0.39, 0.29) is 0 Å². The van der Waals surface area contributed by atoms with Gasteiger partial charge < -0.3 is 5.32 Å². The van der Waals surface area contributed by atoms with Gasteiger partial charge in [0.25, 0.3) is 0 Å². The summed E-state index contributed by atoms with van der Waals surface area (Å²) < 4.78 is 1.22. The van der Waals surface area contributed by atoms with Crippen LogP contribution in [0.15, 0.2) is 46.3 Å². The van der Waals surface area contributed by atoms with Crippen LogP contribution in [0.1, 0.15) is 29.8 Å². The second-order valence-electron chi connectivity index (χ2n) is 5.57. The Kier molecular flexibility index (Phi) is 5.11. The molecule has 21 heavy (non-hydrogen) atoms. The highest BCUT2D eigenvalue weighted by Crippen LogP contribution is 2.27. The van der Waals surface area contributed by atoms with Crippen molar-refractivity contribution in [1.82, 2.24) is 10.2 Å². The third kappa shape index (κ3) is 3.75. The zero-order chi connectivity index (χ0) is 14.7. The lowest BCUT2D eigenvalue weighted by Crippen LogP contribution is -2.51. The highest BCUT2D eigenvalue weighted by molar-refractivity contribution is 9.11. The summed E-state index contributed by atoms with van der Waals surface area (Å²) in [6.45, 7) is 5.49. The van der Waals surface area contributed by atoms with Gasteiger partial charge in [0, 0.05) is 36.6 Å². The Labute approximate surface area is 139 Å². The summed E-state index contributed by atoms with van der Waals surface area (Å²) in [4.78, 5) is 4.07. The molecular formula is C17H21BrN2S. The molecule has 0 amide bonds. The molecule has 0 radical (unpaired) electrons. The van der Waals surface area contributed by atoms with E-state index in [4.69, 9.17) is 0 Å². The molecule has 4 heteroatoms. The fraction of sp³-hybridized carbons (Fsp3) is 0.412. The van der Waals surface area contributed by atoms with Gasteiger partial charge in [-0.05, 0) is 40.0 Å². The Hall–Kier alpha value is -0.680. The molecule has 1 fully saturated rings. The first-order valence-electron chi connectivity index (χ1n) is 7.53. The van der Waals surface area contributed by atoms with Crippen molar-refractivity contribution in [2.24, 2.45) is 0 Å². The lowest BCUT2D eigenvalue weighted by Gasteiger charge is -2.40. The molecule has 0 saturated carbocycles. The maximum absolute atomic E-state index is 3.71. The number of nitrogens with one attached hydrogen (secondary N) is 1. The molecule has 1 aliphatic rings. The lowest BCUT2D eigenvalue weighted by molar-refractivity contribution is 0.120. The Balaban J connectivity index is 1.72. The summed E-state index contributed by atoms with van der Waals surface area (Å²) in [7, 11) is 0. The van der Waals surface area contributed by atoms with Gasteiger partial charge in [0.15, 0.2) is 0 Å². The van der Waals surface area contributed by atoms with Crippen LogP contribution in [0.5, 0.6) is 0 Å². The van der Waals surface area contributed by atoms with E-state index in [1.54, 1.807) is 0 Å². The summed E-state index contributed by atoms with van der Waals surface area (Å²) in [6, 6.07) is 16.3. The molecule has 2 heterocycles. The minimum absolute atomic E-state index is 0.442. The molecule has 1 saturated heterocycles. The SMILES string of the molecule is CCC1CNC(c2ccccc2)CN1Cc1ccc(Br)s1. The monoisotopic (exact) mass is 364 g/mol. The normalized spacial score (nSPS) is 23.3. The number of nitrogens with zero attached hydrogens (tertiary/aromatic N) is 1.